The van der Waals surface area contributed by atoms with Crippen molar-refractivity contribution in [1.82, 2.24) is 4.72 Å². The Hall–Kier alpha value is -2.71. The Bertz CT molecular complexity index is 981. The van der Waals surface area contributed by atoms with E-state index in [9.17, 15) is 18.0 Å². The molecule has 0 aliphatic rings. The Labute approximate surface area is 171 Å². The number of Topliss-reactive ketones (excluding diaryl/α,β-unsaturated/α-hetero) is 1. The molecule has 0 radical (unpaired) electrons. The zero-order valence-electron chi connectivity index (χ0n) is 16.9. The van der Waals surface area contributed by atoms with Gasteiger partial charge in [0, 0.05) is 11.6 Å². The number of ether oxygens (including phenoxy) is 2. The van der Waals surface area contributed by atoms with Crippen molar-refractivity contribution in [3.8, 4) is 5.75 Å². The summed E-state index contributed by atoms with van der Waals surface area (Å²) in [5.41, 5.74) is 1.54. The third-order valence-corrected chi connectivity index (χ3v) is 5.78. The van der Waals surface area contributed by atoms with E-state index in [4.69, 9.17) is 9.47 Å². The number of ketones is 1. The van der Waals surface area contributed by atoms with Crippen LogP contribution < -0.4 is 9.46 Å². The van der Waals surface area contributed by atoms with Crippen molar-refractivity contribution in [2.75, 3.05) is 13.7 Å². The standard InChI is InChI=1S/C21H25NO6S/c1-5-15-6-8-16(9-7-15)18(23)13-28-21(24)17-10-11-19(27-4)20(12-17)29(25,26)22-14(2)3/h6-12,14,22H,5,13H2,1-4H3. The summed E-state index contributed by atoms with van der Waals surface area (Å²) in [6, 6.07) is 10.7. The summed E-state index contributed by atoms with van der Waals surface area (Å²) in [7, 11) is -2.55. The van der Waals surface area contributed by atoms with E-state index in [1.165, 1.54) is 25.3 Å². The van der Waals surface area contributed by atoms with E-state index in [1.54, 1.807) is 26.0 Å². The second kappa shape index (κ2) is 9.67. The molecule has 0 spiro atoms. The molecular formula is C21H25NO6S. The first kappa shape index (κ1) is 22.6. The fourth-order valence-corrected chi connectivity index (χ4v) is 4.06. The zero-order valence-corrected chi connectivity index (χ0v) is 17.7. The van der Waals surface area contributed by atoms with Crippen molar-refractivity contribution >= 4 is 21.8 Å². The van der Waals surface area contributed by atoms with Gasteiger partial charge in [0.1, 0.15) is 10.6 Å². The quantitative estimate of drug-likeness (QED) is 0.496. The summed E-state index contributed by atoms with van der Waals surface area (Å²) in [6.07, 6.45) is 0.859. The second-order valence-electron chi connectivity index (χ2n) is 6.69. The first-order chi connectivity index (χ1) is 13.7. The molecule has 0 aromatic heterocycles. The lowest BCUT2D eigenvalue weighted by Gasteiger charge is -2.14. The van der Waals surface area contributed by atoms with Crippen LogP contribution in [0.4, 0.5) is 0 Å². The summed E-state index contributed by atoms with van der Waals surface area (Å²) < 4.78 is 37.6. The van der Waals surface area contributed by atoms with Gasteiger partial charge in [0.15, 0.2) is 12.4 Å². The number of hydrogen-bond donors (Lipinski definition) is 1. The molecule has 8 heteroatoms. The molecule has 2 aromatic carbocycles. The molecule has 0 aliphatic carbocycles. The van der Waals surface area contributed by atoms with Gasteiger partial charge in [-0.1, -0.05) is 31.2 Å². The van der Waals surface area contributed by atoms with E-state index in [1.807, 2.05) is 19.1 Å². The van der Waals surface area contributed by atoms with Gasteiger partial charge >= 0.3 is 5.97 Å². The molecule has 2 rings (SSSR count). The van der Waals surface area contributed by atoms with Crippen LogP contribution in [-0.4, -0.2) is 39.9 Å². The van der Waals surface area contributed by atoms with Gasteiger partial charge in [-0.3, -0.25) is 4.79 Å². The van der Waals surface area contributed by atoms with E-state index in [2.05, 4.69) is 4.72 Å². The Morgan fingerprint density at radius 2 is 1.66 bits per heavy atom. The van der Waals surface area contributed by atoms with Crippen LogP contribution >= 0.6 is 0 Å². The zero-order chi connectivity index (χ0) is 21.6. The number of carbonyl (C=O) groups is 2. The second-order valence-corrected chi connectivity index (χ2v) is 8.37. The van der Waals surface area contributed by atoms with Gasteiger partial charge < -0.3 is 9.47 Å². The summed E-state index contributed by atoms with van der Waals surface area (Å²) in [5, 5.41) is 0. The SMILES string of the molecule is CCc1ccc(C(=O)COC(=O)c2ccc(OC)c(S(=O)(=O)NC(C)C)c2)cc1. The van der Waals surface area contributed by atoms with E-state index < -0.39 is 22.6 Å². The van der Waals surface area contributed by atoms with Crippen LogP contribution in [-0.2, 0) is 21.2 Å². The molecule has 1 N–H and O–H groups in total. The maximum Gasteiger partial charge on any atom is 0.338 e. The third-order valence-electron chi connectivity index (χ3n) is 4.10. The largest absolute Gasteiger partial charge is 0.495 e. The topological polar surface area (TPSA) is 98.8 Å². The first-order valence-corrected chi connectivity index (χ1v) is 10.7. The van der Waals surface area contributed by atoms with Crippen LogP contribution in [0.25, 0.3) is 0 Å². The van der Waals surface area contributed by atoms with Gasteiger partial charge in [0.05, 0.1) is 12.7 Å². The Morgan fingerprint density at radius 3 is 2.21 bits per heavy atom. The van der Waals surface area contributed by atoms with Crippen molar-refractivity contribution in [1.29, 1.82) is 0 Å². The van der Waals surface area contributed by atoms with Gasteiger partial charge in [-0.05, 0) is 44.0 Å². The molecule has 7 nitrogen and oxygen atoms in total. The Kier molecular flexibility index (Phi) is 7.53. The number of rotatable bonds is 9. The monoisotopic (exact) mass is 419 g/mol. The number of carbonyl (C=O) groups excluding carboxylic acids is 2. The molecule has 0 saturated heterocycles. The van der Waals surface area contributed by atoms with Crippen molar-refractivity contribution in [3.63, 3.8) is 0 Å². The van der Waals surface area contributed by atoms with Crippen LogP contribution in [0.3, 0.4) is 0 Å². The van der Waals surface area contributed by atoms with Crippen molar-refractivity contribution in [2.45, 2.75) is 38.1 Å². The summed E-state index contributed by atoms with van der Waals surface area (Å²) in [5.74, 6) is -1.04. The molecule has 2 aromatic rings. The average molecular weight is 419 g/mol. The number of sulfonamides is 1. The first-order valence-electron chi connectivity index (χ1n) is 9.17. The van der Waals surface area contributed by atoms with Crippen LogP contribution in [0, 0.1) is 0 Å². The summed E-state index contributed by atoms with van der Waals surface area (Å²) in [4.78, 5) is 24.4. The van der Waals surface area contributed by atoms with Gasteiger partial charge in [-0.15, -0.1) is 0 Å². The summed E-state index contributed by atoms with van der Waals surface area (Å²) in [6.45, 7) is 4.93. The molecule has 0 bridgehead atoms. The van der Waals surface area contributed by atoms with Gasteiger partial charge in [0.25, 0.3) is 0 Å². The number of benzene rings is 2. The van der Waals surface area contributed by atoms with Crippen LogP contribution in [0.1, 0.15) is 47.1 Å². The van der Waals surface area contributed by atoms with E-state index >= 15 is 0 Å². The molecule has 0 heterocycles. The minimum Gasteiger partial charge on any atom is -0.495 e. The minimum atomic E-state index is -3.89. The molecule has 156 valence electrons. The fourth-order valence-electron chi connectivity index (χ4n) is 2.61. The molecular weight excluding hydrogens is 394 g/mol. The number of esters is 1. The normalized spacial score (nSPS) is 11.3. The predicted octanol–water partition coefficient (Wildman–Crippen LogP) is 2.98. The van der Waals surface area contributed by atoms with E-state index in [-0.39, 0.29) is 28.0 Å². The minimum absolute atomic E-state index is 0.00376. The average Bonchev–Trinajstić information content (AvgIpc) is 2.70. The Morgan fingerprint density at radius 1 is 1.03 bits per heavy atom. The lowest BCUT2D eigenvalue weighted by molar-refractivity contribution is 0.0474. The molecule has 0 unspecified atom stereocenters. The van der Waals surface area contributed by atoms with Crippen LogP contribution in [0.5, 0.6) is 5.75 Å². The lowest BCUT2D eigenvalue weighted by atomic mass is 10.1. The molecule has 29 heavy (non-hydrogen) atoms. The predicted molar refractivity (Wildman–Crippen MR) is 109 cm³/mol. The highest BCUT2D eigenvalue weighted by Crippen LogP contribution is 2.25. The van der Waals surface area contributed by atoms with Crippen LogP contribution in [0.15, 0.2) is 47.4 Å². The van der Waals surface area contributed by atoms with Gasteiger partial charge in [0.2, 0.25) is 10.0 Å². The van der Waals surface area contributed by atoms with Gasteiger partial charge in [-0.25, -0.2) is 17.9 Å². The number of methoxy groups -OCH3 is 1. The van der Waals surface area contributed by atoms with Crippen molar-refractivity contribution in [2.24, 2.45) is 0 Å². The third kappa shape index (κ3) is 5.88. The van der Waals surface area contributed by atoms with E-state index in [0.29, 0.717) is 5.56 Å². The van der Waals surface area contributed by atoms with Gasteiger partial charge in [-0.2, -0.15) is 0 Å². The lowest BCUT2D eigenvalue weighted by Crippen LogP contribution is -2.30. The number of aryl methyl sites for hydroxylation is 1. The maximum absolute atomic E-state index is 12.5. The van der Waals surface area contributed by atoms with E-state index in [0.717, 1.165) is 12.0 Å². The molecule has 0 saturated carbocycles. The highest BCUT2D eigenvalue weighted by atomic mass is 32.2. The summed E-state index contributed by atoms with van der Waals surface area (Å²) >= 11 is 0. The maximum atomic E-state index is 12.5. The van der Waals surface area contributed by atoms with Crippen LogP contribution in [0.2, 0.25) is 0 Å². The molecule has 0 fully saturated rings. The molecule has 0 aliphatic heterocycles. The van der Waals surface area contributed by atoms with Crippen molar-refractivity contribution < 1.29 is 27.5 Å². The smallest absolute Gasteiger partial charge is 0.338 e. The number of hydrogen-bond acceptors (Lipinski definition) is 6. The van der Waals surface area contributed by atoms with Crippen molar-refractivity contribution in [3.05, 3.63) is 59.2 Å². The molecule has 0 amide bonds. The molecule has 0 atom stereocenters. The number of nitrogens with one attached hydrogen (secondary N) is 1. The highest BCUT2D eigenvalue weighted by Gasteiger charge is 2.23. The highest BCUT2D eigenvalue weighted by molar-refractivity contribution is 7.89. The fraction of sp³-hybridized carbons (Fsp3) is 0.333. The Balaban J connectivity index is 2.16.